The molecule has 0 aliphatic carbocycles. The van der Waals surface area contributed by atoms with Crippen molar-refractivity contribution in [3.8, 4) is 11.1 Å². The van der Waals surface area contributed by atoms with E-state index in [-0.39, 0.29) is 17.9 Å². The molecule has 0 bridgehead atoms. The second-order valence-corrected chi connectivity index (χ2v) is 11.1. The van der Waals surface area contributed by atoms with E-state index in [1.807, 2.05) is 52.4 Å². The maximum Gasteiger partial charge on any atom is 0.253 e. The number of carbonyl (C=O) groups is 2. The van der Waals surface area contributed by atoms with Crippen LogP contribution in [-0.4, -0.2) is 78.6 Å². The molecule has 8 nitrogen and oxygen atoms in total. The Morgan fingerprint density at radius 3 is 2.65 bits per heavy atom. The Balaban J connectivity index is 1.17. The Morgan fingerprint density at radius 1 is 1.02 bits per heavy atom. The zero-order valence-electron chi connectivity index (χ0n) is 22.7. The van der Waals surface area contributed by atoms with E-state index in [2.05, 4.69) is 29.3 Å². The van der Waals surface area contributed by atoms with Crippen LogP contribution in [0.15, 0.2) is 54.7 Å². The van der Waals surface area contributed by atoms with E-state index < -0.39 is 0 Å². The number of piperazine rings is 1. The number of hydrogen-bond acceptors (Lipinski definition) is 6. The summed E-state index contributed by atoms with van der Waals surface area (Å²) in [4.78, 5) is 36.8. The van der Waals surface area contributed by atoms with E-state index in [1.165, 1.54) is 11.1 Å². The van der Waals surface area contributed by atoms with Crippen molar-refractivity contribution in [3.63, 3.8) is 0 Å². The SMILES string of the molecule is Cc1ccc(Cl)cc1CN1CCNc2ncc(-c3cccc(C(=O)N4CCN(C(=O)C5CCCO5)CC4)c3)cc21. The van der Waals surface area contributed by atoms with Crippen LogP contribution >= 0.6 is 11.6 Å². The Labute approximate surface area is 239 Å². The largest absolute Gasteiger partial charge is 0.368 e. The van der Waals surface area contributed by atoms with Gasteiger partial charge in [-0.05, 0) is 66.8 Å². The molecule has 2 aromatic carbocycles. The molecule has 3 aliphatic rings. The standard InChI is InChI=1S/C31H34ClN5O3/c1-21-7-8-26(32)17-25(21)20-37-10-9-33-29-27(37)18-24(19-34-29)22-4-2-5-23(16-22)30(38)35-11-13-36(14-12-35)31(39)28-6-3-15-40-28/h2,4-5,7-8,16-19,28H,3,6,9-15,20H2,1H3,(H,33,34). The molecule has 1 N–H and O–H groups in total. The van der Waals surface area contributed by atoms with Crippen LogP contribution < -0.4 is 10.2 Å². The van der Waals surface area contributed by atoms with E-state index >= 15 is 0 Å². The van der Waals surface area contributed by atoms with Crippen LogP contribution in [0.3, 0.4) is 0 Å². The van der Waals surface area contributed by atoms with Gasteiger partial charge >= 0.3 is 0 Å². The zero-order chi connectivity index (χ0) is 27.6. The molecule has 1 atom stereocenters. The van der Waals surface area contributed by atoms with Gasteiger partial charge in [0.1, 0.15) is 11.9 Å². The third kappa shape index (κ3) is 5.51. The van der Waals surface area contributed by atoms with E-state index in [9.17, 15) is 9.59 Å². The lowest BCUT2D eigenvalue weighted by atomic mass is 10.0. The molecule has 1 aromatic heterocycles. The van der Waals surface area contributed by atoms with Gasteiger partial charge in [-0.3, -0.25) is 9.59 Å². The number of anilines is 2. The highest BCUT2D eigenvalue weighted by Gasteiger charge is 2.31. The molecule has 9 heteroatoms. The maximum absolute atomic E-state index is 13.4. The zero-order valence-corrected chi connectivity index (χ0v) is 23.5. The fraction of sp³-hybridized carbons (Fsp3) is 0.387. The van der Waals surface area contributed by atoms with Crippen LogP contribution in [0.5, 0.6) is 0 Å². The summed E-state index contributed by atoms with van der Waals surface area (Å²) in [5.41, 5.74) is 5.97. The number of ether oxygens (including phenoxy) is 1. The number of fused-ring (bicyclic) bond motifs is 1. The van der Waals surface area contributed by atoms with Gasteiger partial charge in [0.05, 0.1) is 5.69 Å². The van der Waals surface area contributed by atoms with Crippen molar-refractivity contribution in [1.82, 2.24) is 14.8 Å². The number of pyridine rings is 1. The van der Waals surface area contributed by atoms with Crippen LogP contribution in [0.1, 0.15) is 34.3 Å². The molecule has 2 amide bonds. The summed E-state index contributed by atoms with van der Waals surface area (Å²) >= 11 is 6.29. The lowest BCUT2D eigenvalue weighted by molar-refractivity contribution is -0.142. The number of halogens is 1. The monoisotopic (exact) mass is 559 g/mol. The van der Waals surface area contributed by atoms with Crippen LogP contribution in [0.25, 0.3) is 11.1 Å². The highest BCUT2D eigenvalue weighted by atomic mass is 35.5. The minimum atomic E-state index is -0.315. The molecule has 2 saturated heterocycles. The Bertz CT molecular complexity index is 1420. The first kappa shape index (κ1) is 26.6. The molecule has 0 saturated carbocycles. The molecule has 2 fully saturated rings. The maximum atomic E-state index is 13.4. The van der Waals surface area contributed by atoms with Gasteiger partial charge < -0.3 is 24.8 Å². The molecule has 1 unspecified atom stereocenters. The van der Waals surface area contributed by atoms with Crippen LogP contribution in [0.4, 0.5) is 11.5 Å². The van der Waals surface area contributed by atoms with Gasteiger partial charge in [0, 0.05) is 74.8 Å². The lowest BCUT2D eigenvalue weighted by Crippen LogP contribution is -2.52. The van der Waals surface area contributed by atoms with Gasteiger partial charge in [-0.2, -0.15) is 0 Å². The van der Waals surface area contributed by atoms with Crippen molar-refractivity contribution in [2.24, 2.45) is 0 Å². The normalized spacial score (nSPS) is 18.9. The summed E-state index contributed by atoms with van der Waals surface area (Å²) in [6, 6.07) is 15.9. The second-order valence-electron chi connectivity index (χ2n) is 10.7. The van der Waals surface area contributed by atoms with Gasteiger partial charge in [0.15, 0.2) is 0 Å². The first-order valence-corrected chi connectivity index (χ1v) is 14.4. The molecule has 0 radical (unpaired) electrons. The molecule has 4 heterocycles. The van der Waals surface area contributed by atoms with Crippen LogP contribution in [0.2, 0.25) is 5.02 Å². The Kier molecular flexibility index (Phi) is 7.63. The van der Waals surface area contributed by atoms with E-state index in [0.717, 1.165) is 60.1 Å². The summed E-state index contributed by atoms with van der Waals surface area (Å²) in [7, 11) is 0. The first-order valence-electron chi connectivity index (χ1n) is 14.0. The predicted molar refractivity (Wildman–Crippen MR) is 157 cm³/mol. The number of hydrogen-bond donors (Lipinski definition) is 1. The quantitative estimate of drug-likeness (QED) is 0.492. The van der Waals surface area contributed by atoms with Gasteiger partial charge in [-0.25, -0.2) is 4.98 Å². The summed E-state index contributed by atoms with van der Waals surface area (Å²) in [6.07, 6.45) is 3.26. The molecule has 3 aliphatic heterocycles. The molecule has 208 valence electrons. The van der Waals surface area contributed by atoms with Crippen molar-refractivity contribution in [1.29, 1.82) is 0 Å². The molecule has 40 heavy (non-hydrogen) atoms. The Morgan fingerprint density at radius 2 is 1.85 bits per heavy atom. The number of nitrogens with zero attached hydrogens (tertiary/aromatic N) is 4. The van der Waals surface area contributed by atoms with Gasteiger partial charge in [0.25, 0.3) is 11.8 Å². The van der Waals surface area contributed by atoms with E-state index in [0.29, 0.717) is 38.3 Å². The van der Waals surface area contributed by atoms with Crippen LogP contribution in [-0.2, 0) is 16.1 Å². The number of aryl methyl sites for hydroxylation is 1. The van der Waals surface area contributed by atoms with Crippen molar-refractivity contribution in [2.75, 3.05) is 56.1 Å². The van der Waals surface area contributed by atoms with Crippen molar-refractivity contribution < 1.29 is 14.3 Å². The molecular formula is C31H34ClN5O3. The molecular weight excluding hydrogens is 526 g/mol. The fourth-order valence-electron chi connectivity index (χ4n) is 5.72. The van der Waals surface area contributed by atoms with Gasteiger partial charge in [-0.15, -0.1) is 0 Å². The van der Waals surface area contributed by atoms with Crippen molar-refractivity contribution in [2.45, 2.75) is 32.4 Å². The predicted octanol–water partition coefficient (Wildman–Crippen LogP) is 4.61. The number of amides is 2. The number of nitrogens with one attached hydrogen (secondary N) is 1. The van der Waals surface area contributed by atoms with Crippen LogP contribution in [0, 0.1) is 6.92 Å². The average Bonchev–Trinajstić information content (AvgIpc) is 3.54. The van der Waals surface area contributed by atoms with Gasteiger partial charge in [0.2, 0.25) is 0 Å². The smallest absolute Gasteiger partial charge is 0.253 e. The highest BCUT2D eigenvalue weighted by molar-refractivity contribution is 6.30. The third-order valence-electron chi connectivity index (χ3n) is 8.08. The number of carbonyl (C=O) groups excluding carboxylic acids is 2. The Hall–Kier alpha value is -3.62. The minimum Gasteiger partial charge on any atom is -0.368 e. The summed E-state index contributed by atoms with van der Waals surface area (Å²) in [5.74, 6) is 0.898. The highest BCUT2D eigenvalue weighted by Crippen LogP contribution is 2.34. The minimum absolute atomic E-state index is 0.0169. The van der Waals surface area contributed by atoms with E-state index in [1.54, 1.807) is 0 Å². The number of aromatic nitrogens is 1. The number of benzene rings is 2. The third-order valence-corrected chi connectivity index (χ3v) is 8.32. The summed E-state index contributed by atoms with van der Waals surface area (Å²) < 4.78 is 5.56. The number of rotatable bonds is 5. The van der Waals surface area contributed by atoms with E-state index in [4.69, 9.17) is 21.3 Å². The molecule has 3 aromatic rings. The molecule has 0 spiro atoms. The summed E-state index contributed by atoms with van der Waals surface area (Å²) in [6.45, 7) is 7.28. The van der Waals surface area contributed by atoms with Crippen molar-refractivity contribution in [3.05, 3.63) is 76.4 Å². The van der Waals surface area contributed by atoms with Crippen molar-refractivity contribution >= 4 is 34.9 Å². The fourth-order valence-corrected chi connectivity index (χ4v) is 5.91. The first-order chi connectivity index (χ1) is 19.5. The molecule has 6 rings (SSSR count). The van der Waals surface area contributed by atoms with Gasteiger partial charge in [-0.1, -0.05) is 29.8 Å². The topological polar surface area (TPSA) is 78.0 Å². The summed E-state index contributed by atoms with van der Waals surface area (Å²) in [5, 5.41) is 4.15. The average molecular weight is 560 g/mol. The second kappa shape index (κ2) is 11.5. The lowest BCUT2D eigenvalue weighted by Gasteiger charge is -2.35.